The lowest BCUT2D eigenvalue weighted by molar-refractivity contribution is 0.0947. The second-order valence-corrected chi connectivity index (χ2v) is 4.21. The van der Waals surface area contributed by atoms with Crippen molar-refractivity contribution >= 4 is 5.91 Å². The van der Waals surface area contributed by atoms with E-state index in [1.165, 1.54) is 0 Å². The lowest BCUT2D eigenvalue weighted by atomic mass is 10.1. The van der Waals surface area contributed by atoms with Crippen molar-refractivity contribution in [3.63, 3.8) is 0 Å². The number of carbonyl (C=O) groups excluding carboxylic acids is 1. The van der Waals surface area contributed by atoms with Crippen LogP contribution in [0.5, 0.6) is 0 Å². The maximum Gasteiger partial charge on any atom is 0.251 e. The predicted molar refractivity (Wildman–Crippen MR) is 68.9 cm³/mol. The average Bonchev–Trinajstić information content (AvgIpc) is 2.36. The molecule has 0 heterocycles. The molecule has 0 radical (unpaired) electrons. The molecule has 0 aliphatic rings. The topological polar surface area (TPSA) is 49.3 Å². The monoisotopic (exact) mass is 235 g/mol. The Morgan fingerprint density at radius 1 is 1.29 bits per heavy atom. The minimum Gasteiger partial charge on any atom is -0.393 e. The molecule has 3 heteroatoms. The molecule has 0 bridgehead atoms. The Bertz CT molecular complexity index is 324. The number of benzene rings is 1. The summed E-state index contributed by atoms with van der Waals surface area (Å²) >= 11 is 0. The molecule has 0 fully saturated rings. The second-order valence-electron chi connectivity index (χ2n) is 4.21. The molecule has 1 aromatic rings. The van der Waals surface area contributed by atoms with E-state index >= 15 is 0 Å². The third-order valence-electron chi connectivity index (χ3n) is 2.66. The number of amides is 1. The summed E-state index contributed by atoms with van der Waals surface area (Å²) in [6.45, 7) is 2.68. The van der Waals surface area contributed by atoms with E-state index in [-0.39, 0.29) is 12.0 Å². The van der Waals surface area contributed by atoms with Crippen molar-refractivity contribution in [3.8, 4) is 0 Å². The van der Waals surface area contributed by atoms with Crippen LogP contribution in [0.15, 0.2) is 30.3 Å². The highest BCUT2D eigenvalue weighted by Gasteiger charge is 2.05. The van der Waals surface area contributed by atoms with Gasteiger partial charge in [0.15, 0.2) is 0 Å². The molecule has 0 saturated heterocycles. The predicted octanol–water partition coefficient (Wildman–Crippen LogP) is 2.36. The zero-order valence-electron chi connectivity index (χ0n) is 10.4. The standard InChI is InChI=1S/C14H21NO2/c1-2-7-13(16)10-6-11-15-14(17)12-8-4-3-5-9-12/h3-5,8-9,13,16H,2,6-7,10-11H2,1H3,(H,15,17)/t13-/m0/s1. The molecular weight excluding hydrogens is 214 g/mol. The summed E-state index contributed by atoms with van der Waals surface area (Å²) in [7, 11) is 0. The van der Waals surface area contributed by atoms with Gasteiger partial charge in [-0.1, -0.05) is 31.5 Å². The van der Waals surface area contributed by atoms with Crippen LogP contribution in [0.1, 0.15) is 43.0 Å². The van der Waals surface area contributed by atoms with Gasteiger partial charge >= 0.3 is 0 Å². The quantitative estimate of drug-likeness (QED) is 0.713. The van der Waals surface area contributed by atoms with Crippen LogP contribution in [0.3, 0.4) is 0 Å². The SMILES string of the molecule is CCC[C@H](O)CCCNC(=O)c1ccccc1. The van der Waals surface area contributed by atoms with Gasteiger partial charge in [0.05, 0.1) is 6.10 Å². The van der Waals surface area contributed by atoms with Crippen LogP contribution < -0.4 is 5.32 Å². The van der Waals surface area contributed by atoms with Gasteiger partial charge in [-0.2, -0.15) is 0 Å². The van der Waals surface area contributed by atoms with E-state index in [1.54, 1.807) is 12.1 Å². The van der Waals surface area contributed by atoms with Gasteiger partial charge in [0, 0.05) is 12.1 Å². The van der Waals surface area contributed by atoms with E-state index in [0.29, 0.717) is 12.1 Å². The number of hydrogen-bond acceptors (Lipinski definition) is 2. The molecule has 94 valence electrons. The maximum atomic E-state index is 11.6. The minimum absolute atomic E-state index is 0.0458. The van der Waals surface area contributed by atoms with Gasteiger partial charge in [0.1, 0.15) is 0 Å². The third kappa shape index (κ3) is 5.50. The molecule has 1 atom stereocenters. The number of rotatable bonds is 7. The maximum absolute atomic E-state index is 11.6. The van der Waals surface area contributed by atoms with Crippen LogP contribution in [0.4, 0.5) is 0 Å². The van der Waals surface area contributed by atoms with Crippen molar-refractivity contribution < 1.29 is 9.90 Å². The third-order valence-corrected chi connectivity index (χ3v) is 2.66. The zero-order chi connectivity index (χ0) is 12.5. The Labute approximate surface area is 103 Å². The van der Waals surface area contributed by atoms with E-state index in [0.717, 1.165) is 25.7 Å². The molecule has 0 aliphatic carbocycles. The average molecular weight is 235 g/mol. The largest absolute Gasteiger partial charge is 0.393 e. The summed E-state index contributed by atoms with van der Waals surface area (Å²) in [6, 6.07) is 9.17. The first kappa shape index (κ1) is 13.7. The number of aliphatic hydroxyl groups excluding tert-OH is 1. The molecule has 17 heavy (non-hydrogen) atoms. The van der Waals surface area contributed by atoms with Gasteiger partial charge in [-0.3, -0.25) is 4.79 Å². The minimum atomic E-state index is -0.228. The second kappa shape index (κ2) is 7.85. The Balaban J connectivity index is 2.17. The van der Waals surface area contributed by atoms with Crippen LogP contribution in [0, 0.1) is 0 Å². The van der Waals surface area contributed by atoms with Crippen molar-refractivity contribution in [1.29, 1.82) is 0 Å². The summed E-state index contributed by atoms with van der Waals surface area (Å²) in [5, 5.41) is 12.4. The number of carbonyl (C=O) groups is 1. The first-order chi connectivity index (χ1) is 8.24. The number of aliphatic hydroxyl groups is 1. The van der Waals surface area contributed by atoms with Gasteiger partial charge in [-0.25, -0.2) is 0 Å². The van der Waals surface area contributed by atoms with E-state index < -0.39 is 0 Å². The molecule has 0 saturated carbocycles. The van der Waals surface area contributed by atoms with Crippen LogP contribution in [-0.2, 0) is 0 Å². The van der Waals surface area contributed by atoms with E-state index in [1.807, 2.05) is 18.2 Å². The Morgan fingerprint density at radius 2 is 2.00 bits per heavy atom. The Morgan fingerprint density at radius 3 is 2.65 bits per heavy atom. The first-order valence-corrected chi connectivity index (χ1v) is 6.25. The highest BCUT2D eigenvalue weighted by molar-refractivity contribution is 5.94. The zero-order valence-corrected chi connectivity index (χ0v) is 10.4. The first-order valence-electron chi connectivity index (χ1n) is 6.25. The molecule has 0 aliphatic heterocycles. The molecule has 1 aromatic carbocycles. The fraction of sp³-hybridized carbons (Fsp3) is 0.500. The summed E-state index contributed by atoms with van der Waals surface area (Å²) in [5.74, 6) is -0.0458. The fourth-order valence-corrected chi connectivity index (χ4v) is 1.71. The van der Waals surface area contributed by atoms with Crippen LogP contribution in [-0.4, -0.2) is 23.7 Å². The van der Waals surface area contributed by atoms with Crippen molar-refractivity contribution in [1.82, 2.24) is 5.32 Å². The molecule has 0 spiro atoms. The van der Waals surface area contributed by atoms with Crippen molar-refractivity contribution in [3.05, 3.63) is 35.9 Å². The molecule has 0 unspecified atom stereocenters. The molecule has 3 nitrogen and oxygen atoms in total. The summed E-state index contributed by atoms with van der Waals surface area (Å²) in [4.78, 5) is 11.6. The molecule has 0 aromatic heterocycles. The smallest absolute Gasteiger partial charge is 0.251 e. The lowest BCUT2D eigenvalue weighted by Gasteiger charge is -2.09. The summed E-state index contributed by atoms with van der Waals surface area (Å²) in [6.07, 6.45) is 3.18. The Kier molecular flexibility index (Phi) is 6.33. The van der Waals surface area contributed by atoms with Crippen LogP contribution in [0.2, 0.25) is 0 Å². The van der Waals surface area contributed by atoms with Crippen LogP contribution >= 0.6 is 0 Å². The number of hydrogen-bond donors (Lipinski definition) is 2. The lowest BCUT2D eigenvalue weighted by Crippen LogP contribution is -2.25. The highest BCUT2D eigenvalue weighted by Crippen LogP contribution is 2.03. The highest BCUT2D eigenvalue weighted by atomic mass is 16.3. The van der Waals surface area contributed by atoms with Crippen molar-refractivity contribution in [2.24, 2.45) is 0 Å². The number of nitrogens with one attached hydrogen (secondary N) is 1. The van der Waals surface area contributed by atoms with Crippen LogP contribution in [0.25, 0.3) is 0 Å². The molecule has 1 amide bonds. The summed E-state index contributed by atoms with van der Waals surface area (Å²) in [5.41, 5.74) is 0.682. The van der Waals surface area contributed by atoms with Gasteiger partial charge < -0.3 is 10.4 Å². The van der Waals surface area contributed by atoms with E-state index in [4.69, 9.17) is 0 Å². The van der Waals surface area contributed by atoms with E-state index in [2.05, 4.69) is 12.2 Å². The molecule has 2 N–H and O–H groups in total. The normalized spacial score (nSPS) is 12.1. The summed E-state index contributed by atoms with van der Waals surface area (Å²) < 4.78 is 0. The van der Waals surface area contributed by atoms with Crippen molar-refractivity contribution in [2.75, 3.05) is 6.54 Å². The van der Waals surface area contributed by atoms with Crippen molar-refractivity contribution in [2.45, 2.75) is 38.7 Å². The van der Waals surface area contributed by atoms with Gasteiger partial charge in [-0.15, -0.1) is 0 Å². The molecular formula is C14H21NO2. The fourth-order valence-electron chi connectivity index (χ4n) is 1.71. The van der Waals surface area contributed by atoms with E-state index in [9.17, 15) is 9.90 Å². The van der Waals surface area contributed by atoms with Gasteiger partial charge in [0.2, 0.25) is 0 Å². The molecule has 1 rings (SSSR count). The Hall–Kier alpha value is -1.35. The van der Waals surface area contributed by atoms with Gasteiger partial charge in [-0.05, 0) is 31.4 Å². The van der Waals surface area contributed by atoms with Gasteiger partial charge in [0.25, 0.3) is 5.91 Å².